The Morgan fingerprint density at radius 3 is 2.76 bits per heavy atom. The lowest BCUT2D eigenvalue weighted by Gasteiger charge is -2.12. The van der Waals surface area contributed by atoms with Crippen LogP contribution in [0.5, 0.6) is 5.75 Å². The maximum atomic E-state index is 11.9. The Balaban J connectivity index is 1.44. The highest BCUT2D eigenvalue weighted by Gasteiger charge is 2.12. The molecule has 1 aromatic carbocycles. The van der Waals surface area contributed by atoms with Gasteiger partial charge in [-0.05, 0) is 43.0 Å². The van der Waals surface area contributed by atoms with Crippen molar-refractivity contribution in [2.24, 2.45) is 0 Å². The molecule has 0 radical (unpaired) electrons. The number of aromatic hydroxyl groups is 1. The minimum Gasteiger partial charge on any atom is -0.508 e. The number of carbonyl (C=O) groups excluding carboxylic acids is 1. The number of nitrogens with two attached hydrogens (primary N) is 1. The number of hydrogen-bond acceptors (Lipinski definition) is 7. The summed E-state index contributed by atoms with van der Waals surface area (Å²) in [6.07, 6.45) is 11.2. The summed E-state index contributed by atoms with van der Waals surface area (Å²) < 4.78 is 0. The first kappa shape index (κ1) is 23.7. The van der Waals surface area contributed by atoms with Crippen LogP contribution in [0.15, 0.2) is 54.9 Å². The zero-order valence-corrected chi connectivity index (χ0v) is 18.8. The van der Waals surface area contributed by atoms with Gasteiger partial charge in [-0.25, -0.2) is 4.98 Å². The smallest absolute Gasteiger partial charge is 0.243 e. The van der Waals surface area contributed by atoms with Crippen molar-refractivity contribution in [3.63, 3.8) is 0 Å². The molecule has 2 heterocycles. The quantitative estimate of drug-likeness (QED) is 0.261. The molecule has 0 unspecified atom stereocenters. The van der Waals surface area contributed by atoms with E-state index in [0.29, 0.717) is 18.1 Å². The number of anilines is 2. The van der Waals surface area contributed by atoms with Gasteiger partial charge in [0.25, 0.3) is 0 Å². The van der Waals surface area contributed by atoms with Crippen molar-refractivity contribution >= 4 is 23.7 Å². The number of carbonyl (C=O) groups is 1. The molecule has 8 nitrogen and oxygen atoms in total. The fourth-order valence-electron chi connectivity index (χ4n) is 3.51. The van der Waals surface area contributed by atoms with Gasteiger partial charge in [0.2, 0.25) is 11.9 Å². The second kappa shape index (κ2) is 12.2. The number of phenolic OH excluding ortho intramolecular Hbond substituents is 1. The predicted molar refractivity (Wildman–Crippen MR) is 132 cm³/mol. The molecular weight excluding hydrogens is 416 g/mol. The number of phenols is 1. The van der Waals surface area contributed by atoms with Gasteiger partial charge in [0.1, 0.15) is 11.6 Å². The number of rotatable bonds is 11. The van der Waals surface area contributed by atoms with E-state index in [9.17, 15) is 9.90 Å². The van der Waals surface area contributed by atoms with Gasteiger partial charge in [-0.3, -0.25) is 9.78 Å². The summed E-state index contributed by atoms with van der Waals surface area (Å²) >= 11 is 0. The molecule has 3 aromatic rings. The van der Waals surface area contributed by atoms with Crippen LogP contribution in [-0.4, -0.2) is 39.6 Å². The Morgan fingerprint density at radius 2 is 1.97 bits per heavy atom. The standard InChI is InChI=1S/C25H30N6O2/c1-27-23-16-21(30-25(26)31-23)19-10-6-11-22(32)20(19)9-4-2-3-5-15-29-24(33)13-12-18-8-7-14-28-17-18/h6-8,10-14,16-17,32H,2-5,9,15H2,1H3,(H,29,33)(H3,26,27,30,31)/b13-12+. The Morgan fingerprint density at radius 1 is 1.12 bits per heavy atom. The van der Waals surface area contributed by atoms with Crippen molar-refractivity contribution in [3.8, 4) is 17.0 Å². The molecule has 0 bridgehead atoms. The van der Waals surface area contributed by atoms with Crippen molar-refractivity contribution < 1.29 is 9.90 Å². The molecule has 5 N–H and O–H groups in total. The predicted octanol–water partition coefficient (Wildman–Crippen LogP) is 3.80. The van der Waals surface area contributed by atoms with Gasteiger partial charge in [0.05, 0.1) is 5.69 Å². The van der Waals surface area contributed by atoms with Gasteiger partial charge in [0, 0.05) is 49.3 Å². The van der Waals surface area contributed by atoms with Crippen LogP contribution in [0.1, 0.15) is 36.8 Å². The van der Waals surface area contributed by atoms with Crippen LogP contribution in [0.25, 0.3) is 17.3 Å². The molecule has 3 rings (SSSR count). The van der Waals surface area contributed by atoms with Crippen molar-refractivity contribution in [3.05, 3.63) is 66.0 Å². The first-order valence-electron chi connectivity index (χ1n) is 11.1. The Bertz CT molecular complexity index is 1090. The number of nitrogen functional groups attached to an aromatic ring is 1. The summed E-state index contributed by atoms with van der Waals surface area (Å²) in [6, 6.07) is 11.0. The summed E-state index contributed by atoms with van der Waals surface area (Å²) in [5.74, 6) is 0.957. The van der Waals surface area contributed by atoms with Crippen molar-refractivity contribution in [1.29, 1.82) is 0 Å². The molecule has 0 spiro atoms. The number of pyridine rings is 1. The molecular formula is C25H30N6O2. The largest absolute Gasteiger partial charge is 0.508 e. The number of nitrogens with zero attached hydrogens (tertiary/aromatic N) is 3. The summed E-state index contributed by atoms with van der Waals surface area (Å²) in [5.41, 5.74) is 9.12. The van der Waals surface area contributed by atoms with Gasteiger partial charge < -0.3 is 21.5 Å². The SMILES string of the molecule is CNc1cc(-c2cccc(O)c2CCCCCCNC(=O)/C=C/c2cccnc2)nc(N)n1. The van der Waals surface area contributed by atoms with Crippen molar-refractivity contribution in [2.45, 2.75) is 32.1 Å². The maximum Gasteiger partial charge on any atom is 0.243 e. The van der Waals surface area contributed by atoms with E-state index in [1.54, 1.807) is 37.7 Å². The molecule has 0 saturated carbocycles. The number of aromatic nitrogens is 3. The van der Waals surface area contributed by atoms with E-state index in [4.69, 9.17) is 5.73 Å². The number of nitrogens with one attached hydrogen (secondary N) is 2. The van der Waals surface area contributed by atoms with Crippen LogP contribution in [-0.2, 0) is 11.2 Å². The highest BCUT2D eigenvalue weighted by molar-refractivity contribution is 5.91. The van der Waals surface area contributed by atoms with E-state index >= 15 is 0 Å². The topological polar surface area (TPSA) is 126 Å². The third kappa shape index (κ3) is 7.31. The highest BCUT2D eigenvalue weighted by atomic mass is 16.3. The molecule has 0 fully saturated rings. The van der Waals surface area contributed by atoms with E-state index in [-0.39, 0.29) is 17.6 Å². The average molecular weight is 447 g/mol. The summed E-state index contributed by atoms with van der Waals surface area (Å²) in [6.45, 7) is 0.630. The van der Waals surface area contributed by atoms with Crippen LogP contribution < -0.4 is 16.4 Å². The molecule has 33 heavy (non-hydrogen) atoms. The summed E-state index contributed by atoms with van der Waals surface area (Å²) in [7, 11) is 1.77. The zero-order valence-electron chi connectivity index (χ0n) is 18.8. The average Bonchev–Trinajstić information content (AvgIpc) is 2.83. The van der Waals surface area contributed by atoms with Crippen LogP contribution in [0.3, 0.4) is 0 Å². The van der Waals surface area contributed by atoms with Crippen molar-refractivity contribution in [1.82, 2.24) is 20.3 Å². The maximum absolute atomic E-state index is 11.9. The van der Waals surface area contributed by atoms with Gasteiger partial charge in [0.15, 0.2) is 0 Å². The Labute approximate surface area is 194 Å². The molecule has 0 atom stereocenters. The number of amides is 1. The van der Waals surface area contributed by atoms with Gasteiger partial charge in [-0.15, -0.1) is 0 Å². The van der Waals surface area contributed by atoms with Gasteiger partial charge in [-0.2, -0.15) is 4.98 Å². The van der Waals surface area contributed by atoms with Crippen LogP contribution in [0, 0.1) is 0 Å². The minimum atomic E-state index is -0.109. The molecule has 0 aliphatic heterocycles. The van der Waals surface area contributed by atoms with E-state index in [2.05, 4.69) is 25.6 Å². The van der Waals surface area contributed by atoms with Gasteiger partial charge in [-0.1, -0.05) is 31.0 Å². The Hall–Kier alpha value is -3.94. The minimum absolute atomic E-state index is 0.109. The van der Waals surface area contributed by atoms with E-state index < -0.39 is 0 Å². The zero-order chi connectivity index (χ0) is 23.5. The van der Waals surface area contributed by atoms with Crippen LogP contribution in [0.2, 0.25) is 0 Å². The highest BCUT2D eigenvalue weighted by Crippen LogP contribution is 2.31. The third-order valence-corrected chi connectivity index (χ3v) is 5.19. The lowest BCUT2D eigenvalue weighted by Crippen LogP contribution is -2.21. The fraction of sp³-hybridized carbons (Fsp3) is 0.280. The molecule has 0 aliphatic rings. The summed E-state index contributed by atoms with van der Waals surface area (Å²) in [4.78, 5) is 24.4. The lowest BCUT2D eigenvalue weighted by molar-refractivity contribution is -0.116. The molecule has 2 aromatic heterocycles. The van der Waals surface area contributed by atoms with Crippen molar-refractivity contribution in [2.75, 3.05) is 24.6 Å². The van der Waals surface area contributed by atoms with E-state index in [1.807, 2.05) is 24.3 Å². The second-order valence-electron chi connectivity index (χ2n) is 7.62. The second-order valence-corrected chi connectivity index (χ2v) is 7.62. The van der Waals surface area contributed by atoms with Crippen LogP contribution in [0.4, 0.5) is 11.8 Å². The number of benzene rings is 1. The third-order valence-electron chi connectivity index (χ3n) is 5.19. The molecule has 0 saturated heterocycles. The first-order chi connectivity index (χ1) is 16.1. The monoisotopic (exact) mass is 446 g/mol. The fourth-order valence-corrected chi connectivity index (χ4v) is 3.51. The molecule has 1 amide bonds. The van der Waals surface area contributed by atoms with E-state index in [1.165, 1.54) is 6.08 Å². The lowest BCUT2D eigenvalue weighted by atomic mass is 9.97. The molecule has 8 heteroatoms. The normalized spacial score (nSPS) is 10.9. The van der Waals surface area contributed by atoms with Crippen LogP contribution >= 0.6 is 0 Å². The summed E-state index contributed by atoms with van der Waals surface area (Å²) in [5, 5.41) is 16.3. The van der Waals surface area contributed by atoms with E-state index in [0.717, 1.165) is 48.8 Å². The number of hydrogen-bond donors (Lipinski definition) is 4. The molecule has 172 valence electrons. The first-order valence-corrected chi connectivity index (χ1v) is 11.1. The Kier molecular flexibility index (Phi) is 8.76. The number of unbranched alkanes of at least 4 members (excludes halogenated alkanes) is 3. The molecule has 0 aliphatic carbocycles. The van der Waals surface area contributed by atoms with Gasteiger partial charge >= 0.3 is 0 Å².